The summed E-state index contributed by atoms with van der Waals surface area (Å²) in [5.74, 6) is 0.805. The Morgan fingerprint density at radius 1 is 1.08 bits per heavy atom. The summed E-state index contributed by atoms with van der Waals surface area (Å²) in [5.41, 5.74) is 2.17. The van der Waals surface area contributed by atoms with Gasteiger partial charge < -0.3 is 15.4 Å². The Morgan fingerprint density at radius 2 is 1.92 bits per heavy atom. The van der Waals surface area contributed by atoms with Crippen LogP contribution < -0.4 is 15.4 Å². The van der Waals surface area contributed by atoms with Crippen molar-refractivity contribution < 1.29 is 9.53 Å². The highest BCUT2D eigenvalue weighted by molar-refractivity contribution is 6.03. The summed E-state index contributed by atoms with van der Waals surface area (Å²) in [5, 5.41) is 5.95. The van der Waals surface area contributed by atoms with Crippen molar-refractivity contribution in [3.63, 3.8) is 0 Å². The van der Waals surface area contributed by atoms with E-state index in [4.69, 9.17) is 4.74 Å². The predicted molar refractivity (Wildman–Crippen MR) is 102 cm³/mol. The van der Waals surface area contributed by atoms with Gasteiger partial charge in [-0.1, -0.05) is 36.4 Å². The Hall–Kier alpha value is -3.41. The third-order valence-corrected chi connectivity index (χ3v) is 3.76. The molecule has 0 radical (unpaired) electrons. The van der Waals surface area contributed by atoms with Crippen LogP contribution in [0.25, 0.3) is 0 Å². The van der Waals surface area contributed by atoms with Crippen LogP contribution in [0.4, 0.5) is 11.6 Å². The monoisotopic (exact) mass is 348 g/mol. The number of methoxy groups -OCH3 is 1. The summed E-state index contributed by atoms with van der Waals surface area (Å²) in [6.07, 6.45) is 2.42. The second kappa shape index (κ2) is 8.62. The Morgan fingerprint density at radius 3 is 2.73 bits per heavy atom. The number of carbonyl (C=O) groups excluding carboxylic acids is 1. The third-order valence-electron chi connectivity index (χ3n) is 3.76. The lowest BCUT2D eigenvalue weighted by Gasteiger charge is -2.08. The topological polar surface area (TPSA) is 76.1 Å². The Kier molecular flexibility index (Phi) is 5.77. The van der Waals surface area contributed by atoms with Gasteiger partial charge in [-0.25, -0.2) is 9.97 Å². The number of anilines is 2. The quantitative estimate of drug-likeness (QED) is 0.684. The Bertz CT molecular complexity index is 868. The molecule has 0 unspecified atom stereocenters. The van der Waals surface area contributed by atoms with Crippen LogP contribution in [0.2, 0.25) is 0 Å². The van der Waals surface area contributed by atoms with E-state index in [1.54, 1.807) is 31.5 Å². The zero-order valence-electron chi connectivity index (χ0n) is 14.5. The van der Waals surface area contributed by atoms with Crippen LogP contribution in [0, 0.1) is 0 Å². The van der Waals surface area contributed by atoms with Crippen molar-refractivity contribution >= 4 is 17.5 Å². The number of nitrogens with zero attached hydrogens (tertiary/aromatic N) is 2. The molecule has 0 saturated carbocycles. The first-order chi connectivity index (χ1) is 12.7. The smallest absolute Gasteiger partial charge is 0.274 e. The van der Waals surface area contributed by atoms with Crippen LogP contribution in [0.1, 0.15) is 16.1 Å². The number of benzene rings is 2. The molecule has 1 heterocycles. The summed E-state index contributed by atoms with van der Waals surface area (Å²) in [6.45, 7) is 0.685. The van der Waals surface area contributed by atoms with Crippen LogP contribution >= 0.6 is 0 Å². The first-order valence-electron chi connectivity index (χ1n) is 8.31. The number of nitrogens with one attached hydrogen (secondary N) is 2. The molecule has 6 heteroatoms. The second-order valence-corrected chi connectivity index (χ2v) is 5.61. The van der Waals surface area contributed by atoms with Crippen molar-refractivity contribution in [1.29, 1.82) is 0 Å². The molecule has 0 aliphatic carbocycles. The molecule has 1 aromatic heterocycles. The predicted octanol–water partition coefficient (Wildman–Crippen LogP) is 3.39. The summed E-state index contributed by atoms with van der Waals surface area (Å²) in [4.78, 5) is 20.8. The largest absolute Gasteiger partial charge is 0.497 e. The first-order valence-corrected chi connectivity index (χ1v) is 8.31. The second-order valence-electron chi connectivity index (χ2n) is 5.61. The van der Waals surface area contributed by atoms with Crippen LogP contribution in [0.3, 0.4) is 0 Å². The number of ether oxygens (including phenoxy) is 1. The molecule has 0 fully saturated rings. The lowest BCUT2D eigenvalue weighted by Crippen LogP contribution is -2.16. The molecule has 26 heavy (non-hydrogen) atoms. The molecule has 0 saturated heterocycles. The fourth-order valence-corrected chi connectivity index (χ4v) is 2.43. The van der Waals surface area contributed by atoms with Crippen LogP contribution in [0.5, 0.6) is 5.75 Å². The molecule has 0 atom stereocenters. The molecule has 0 aliphatic heterocycles. The maximum atomic E-state index is 12.4. The van der Waals surface area contributed by atoms with Crippen molar-refractivity contribution in [3.8, 4) is 5.75 Å². The lowest BCUT2D eigenvalue weighted by atomic mass is 10.1. The van der Waals surface area contributed by atoms with Crippen LogP contribution in [-0.2, 0) is 6.42 Å². The summed E-state index contributed by atoms with van der Waals surface area (Å²) in [6, 6.07) is 18.9. The van der Waals surface area contributed by atoms with Crippen molar-refractivity contribution in [3.05, 3.63) is 78.1 Å². The van der Waals surface area contributed by atoms with Gasteiger partial charge in [0.15, 0.2) is 0 Å². The maximum absolute atomic E-state index is 12.4. The molecular weight excluding hydrogens is 328 g/mol. The molecule has 0 bridgehead atoms. The number of hydrogen-bond donors (Lipinski definition) is 2. The average molecular weight is 348 g/mol. The van der Waals surface area contributed by atoms with Gasteiger partial charge in [0, 0.05) is 24.5 Å². The van der Waals surface area contributed by atoms with Crippen molar-refractivity contribution in [1.82, 2.24) is 9.97 Å². The maximum Gasteiger partial charge on any atom is 0.274 e. The van der Waals surface area contributed by atoms with E-state index < -0.39 is 0 Å². The number of rotatable bonds is 7. The molecular formula is C20H20N4O2. The number of carbonyl (C=O) groups is 1. The summed E-state index contributed by atoms with van der Waals surface area (Å²) >= 11 is 0. The molecule has 6 nitrogen and oxygen atoms in total. The van der Waals surface area contributed by atoms with E-state index in [-0.39, 0.29) is 5.91 Å². The molecule has 0 aliphatic rings. The van der Waals surface area contributed by atoms with Crippen molar-refractivity contribution in [2.45, 2.75) is 6.42 Å². The highest BCUT2D eigenvalue weighted by Gasteiger charge is 2.09. The standard InChI is InChI=1S/C20H20N4O2/c1-26-17-9-5-8-16(14-17)23-19(25)18-11-13-22-20(24-18)21-12-10-15-6-3-2-4-7-15/h2-9,11,13-14H,10,12H2,1H3,(H,23,25)(H,21,22,24). The fourth-order valence-electron chi connectivity index (χ4n) is 2.43. The van der Waals surface area contributed by atoms with Gasteiger partial charge in [-0.3, -0.25) is 4.79 Å². The minimum Gasteiger partial charge on any atom is -0.497 e. The lowest BCUT2D eigenvalue weighted by molar-refractivity contribution is 0.102. The van der Waals surface area contributed by atoms with E-state index in [9.17, 15) is 4.79 Å². The fraction of sp³-hybridized carbons (Fsp3) is 0.150. The molecule has 3 aromatic rings. The van der Waals surface area contributed by atoms with E-state index >= 15 is 0 Å². The molecule has 132 valence electrons. The van der Waals surface area contributed by atoms with Gasteiger partial charge in [0.05, 0.1) is 7.11 Å². The van der Waals surface area contributed by atoms with E-state index in [2.05, 4.69) is 32.7 Å². The van der Waals surface area contributed by atoms with Gasteiger partial charge in [0.1, 0.15) is 11.4 Å². The first kappa shape index (κ1) is 17.4. The van der Waals surface area contributed by atoms with Crippen LogP contribution in [0.15, 0.2) is 66.9 Å². The highest BCUT2D eigenvalue weighted by atomic mass is 16.5. The van der Waals surface area contributed by atoms with Gasteiger partial charge in [-0.05, 0) is 30.2 Å². The van der Waals surface area contributed by atoms with Gasteiger partial charge in [0.2, 0.25) is 5.95 Å². The van der Waals surface area contributed by atoms with Gasteiger partial charge in [0.25, 0.3) is 5.91 Å². The Labute approximate surface area is 152 Å². The average Bonchev–Trinajstić information content (AvgIpc) is 2.69. The number of amides is 1. The zero-order chi connectivity index (χ0) is 18.2. The van der Waals surface area contributed by atoms with Gasteiger partial charge >= 0.3 is 0 Å². The van der Waals surface area contributed by atoms with Crippen molar-refractivity contribution in [2.24, 2.45) is 0 Å². The van der Waals surface area contributed by atoms with Crippen LogP contribution in [-0.4, -0.2) is 29.5 Å². The normalized spacial score (nSPS) is 10.2. The summed E-state index contributed by atoms with van der Waals surface area (Å²) in [7, 11) is 1.58. The summed E-state index contributed by atoms with van der Waals surface area (Å²) < 4.78 is 5.16. The van der Waals surface area contributed by atoms with E-state index in [0.717, 1.165) is 6.42 Å². The molecule has 0 spiro atoms. The number of aromatic nitrogens is 2. The van der Waals surface area contributed by atoms with Gasteiger partial charge in [-0.15, -0.1) is 0 Å². The highest BCUT2D eigenvalue weighted by Crippen LogP contribution is 2.17. The van der Waals surface area contributed by atoms with E-state index in [0.29, 0.717) is 29.6 Å². The third kappa shape index (κ3) is 4.80. The SMILES string of the molecule is COc1cccc(NC(=O)c2ccnc(NCCc3ccccc3)n2)c1. The van der Waals surface area contributed by atoms with Crippen molar-refractivity contribution in [2.75, 3.05) is 24.3 Å². The molecule has 1 amide bonds. The number of hydrogen-bond acceptors (Lipinski definition) is 5. The Balaban J connectivity index is 1.60. The minimum absolute atomic E-state index is 0.296. The zero-order valence-corrected chi connectivity index (χ0v) is 14.5. The molecule has 2 N–H and O–H groups in total. The van der Waals surface area contributed by atoms with Gasteiger partial charge in [-0.2, -0.15) is 0 Å². The van der Waals surface area contributed by atoms with E-state index in [1.807, 2.05) is 30.3 Å². The van der Waals surface area contributed by atoms with E-state index in [1.165, 1.54) is 5.56 Å². The molecule has 2 aromatic carbocycles. The minimum atomic E-state index is -0.299. The molecule has 3 rings (SSSR count).